The summed E-state index contributed by atoms with van der Waals surface area (Å²) in [6.07, 6.45) is 2.03. The van der Waals surface area contributed by atoms with Crippen LogP contribution in [-0.2, 0) is 24.3 Å². The van der Waals surface area contributed by atoms with E-state index in [-0.39, 0.29) is 24.5 Å². The quantitative estimate of drug-likeness (QED) is 0.243. The number of fused-ring (bicyclic) bond motifs is 3. The lowest BCUT2D eigenvalue weighted by Gasteiger charge is -2.25. The molecule has 0 fully saturated rings. The Morgan fingerprint density at radius 1 is 1.12 bits per heavy atom. The third-order valence-corrected chi connectivity index (χ3v) is 7.21. The fraction of sp³-hybridized carbons (Fsp3) is 0.345. The van der Waals surface area contributed by atoms with E-state index in [4.69, 9.17) is 14.5 Å². The Kier molecular flexibility index (Phi) is 7.86. The molecule has 216 valence electrons. The number of aromatic nitrogens is 2. The van der Waals surface area contributed by atoms with Gasteiger partial charge in [-0.05, 0) is 62.9 Å². The molecule has 5 rings (SSSR count). The number of aryl methyl sites for hydroxylation is 4. The lowest BCUT2D eigenvalue weighted by atomic mass is 9.97. The number of rotatable bonds is 8. The molecule has 0 saturated carbocycles. The SMILES string of the molecule is CCOc1cc2c(cc1OC)-c1c/c(=N\c3c(C)cc(C)cc3C)n(CCN(O)C(=O)C3=CNNN3)c(=O)n1CC2. The van der Waals surface area contributed by atoms with E-state index in [1.807, 2.05) is 45.9 Å². The van der Waals surface area contributed by atoms with Gasteiger partial charge >= 0.3 is 5.69 Å². The number of hydrazine groups is 2. The van der Waals surface area contributed by atoms with E-state index < -0.39 is 5.91 Å². The van der Waals surface area contributed by atoms with Gasteiger partial charge in [-0.1, -0.05) is 17.7 Å². The summed E-state index contributed by atoms with van der Waals surface area (Å²) in [6, 6.07) is 9.86. The maximum Gasteiger partial charge on any atom is 0.330 e. The molecule has 2 aliphatic rings. The third kappa shape index (κ3) is 5.43. The van der Waals surface area contributed by atoms with Gasteiger partial charge < -0.3 is 14.9 Å². The van der Waals surface area contributed by atoms with E-state index in [9.17, 15) is 14.8 Å². The summed E-state index contributed by atoms with van der Waals surface area (Å²) in [5.74, 6) is 0.604. The van der Waals surface area contributed by atoms with Gasteiger partial charge in [-0.2, -0.15) is 5.53 Å². The molecule has 3 aromatic rings. The third-order valence-electron chi connectivity index (χ3n) is 7.21. The largest absolute Gasteiger partial charge is 0.493 e. The number of hydroxylamine groups is 2. The normalized spacial score (nSPS) is 14.0. The van der Waals surface area contributed by atoms with Crippen molar-refractivity contribution in [1.82, 2.24) is 30.6 Å². The fourth-order valence-electron chi connectivity index (χ4n) is 5.34. The van der Waals surface area contributed by atoms with Crippen molar-refractivity contribution in [3.8, 4) is 22.8 Å². The molecule has 3 heterocycles. The predicted octanol–water partition coefficient (Wildman–Crippen LogP) is 2.11. The molecule has 0 saturated heterocycles. The van der Waals surface area contributed by atoms with Gasteiger partial charge in [0.05, 0.1) is 31.6 Å². The summed E-state index contributed by atoms with van der Waals surface area (Å²) in [5, 5.41) is 11.1. The Hall–Kier alpha value is -4.55. The van der Waals surface area contributed by atoms with Gasteiger partial charge in [-0.25, -0.2) is 14.9 Å². The molecule has 0 spiro atoms. The number of ether oxygens (including phenoxy) is 2. The van der Waals surface area contributed by atoms with Gasteiger partial charge in [0.1, 0.15) is 11.2 Å². The van der Waals surface area contributed by atoms with E-state index in [1.165, 1.54) is 10.8 Å². The number of nitrogens with one attached hydrogen (secondary N) is 3. The average molecular weight is 562 g/mol. The number of methoxy groups -OCH3 is 1. The summed E-state index contributed by atoms with van der Waals surface area (Å²) in [7, 11) is 1.59. The van der Waals surface area contributed by atoms with Crippen LogP contribution in [0.25, 0.3) is 11.3 Å². The number of hydrogen-bond acceptors (Lipinski definition) is 9. The van der Waals surface area contributed by atoms with E-state index in [1.54, 1.807) is 11.7 Å². The Morgan fingerprint density at radius 2 is 1.88 bits per heavy atom. The van der Waals surface area contributed by atoms with E-state index >= 15 is 0 Å². The summed E-state index contributed by atoms with van der Waals surface area (Å²) in [4.78, 5) is 31.6. The molecule has 4 N–H and O–H groups in total. The number of hydrogen-bond donors (Lipinski definition) is 4. The zero-order valence-corrected chi connectivity index (χ0v) is 23.9. The first-order chi connectivity index (χ1) is 19.7. The first kappa shape index (κ1) is 28.0. The molecule has 0 bridgehead atoms. The smallest absolute Gasteiger partial charge is 0.330 e. The van der Waals surface area contributed by atoms with Gasteiger partial charge in [-0.3, -0.25) is 24.6 Å². The molecule has 41 heavy (non-hydrogen) atoms. The highest BCUT2D eigenvalue weighted by atomic mass is 16.5. The van der Waals surface area contributed by atoms with Crippen molar-refractivity contribution in [3.05, 3.63) is 80.5 Å². The van der Waals surface area contributed by atoms with E-state index in [2.05, 4.69) is 28.5 Å². The Morgan fingerprint density at radius 3 is 2.54 bits per heavy atom. The van der Waals surface area contributed by atoms with Crippen LogP contribution in [0.2, 0.25) is 0 Å². The zero-order chi connectivity index (χ0) is 29.3. The lowest BCUT2D eigenvalue weighted by molar-refractivity contribution is -0.161. The highest BCUT2D eigenvalue weighted by Crippen LogP contribution is 2.37. The summed E-state index contributed by atoms with van der Waals surface area (Å²) < 4.78 is 14.6. The Bertz CT molecular complexity index is 1650. The molecule has 2 aliphatic heterocycles. The monoisotopic (exact) mass is 561 g/mol. The topological polar surface area (TPSA) is 134 Å². The molecule has 12 nitrogen and oxygen atoms in total. The van der Waals surface area contributed by atoms with E-state index in [0.29, 0.717) is 47.3 Å². The number of carbonyl (C=O) groups is 1. The van der Waals surface area contributed by atoms with E-state index in [0.717, 1.165) is 33.5 Å². The highest BCUT2D eigenvalue weighted by Gasteiger charge is 2.24. The average Bonchev–Trinajstić information content (AvgIpc) is 3.49. The van der Waals surface area contributed by atoms with Gasteiger partial charge in [0.25, 0.3) is 5.91 Å². The van der Waals surface area contributed by atoms with Crippen LogP contribution in [0.15, 0.2) is 52.0 Å². The van der Waals surface area contributed by atoms with Crippen LogP contribution in [0.3, 0.4) is 0 Å². The van der Waals surface area contributed by atoms with Gasteiger partial charge in [0.15, 0.2) is 11.5 Å². The second-order valence-corrected chi connectivity index (χ2v) is 10.1. The maximum absolute atomic E-state index is 14.0. The summed E-state index contributed by atoms with van der Waals surface area (Å²) in [6.45, 7) is 8.79. The van der Waals surface area contributed by atoms with Crippen molar-refractivity contribution >= 4 is 11.6 Å². The van der Waals surface area contributed by atoms with Gasteiger partial charge in [-0.15, -0.1) is 0 Å². The number of carbonyl (C=O) groups excluding carboxylic acids is 1. The van der Waals surface area contributed by atoms with Gasteiger partial charge in [0, 0.05) is 30.9 Å². The van der Waals surface area contributed by atoms with Crippen molar-refractivity contribution in [1.29, 1.82) is 0 Å². The van der Waals surface area contributed by atoms with Crippen molar-refractivity contribution in [2.24, 2.45) is 4.99 Å². The van der Waals surface area contributed by atoms with Crippen LogP contribution >= 0.6 is 0 Å². The molecule has 1 amide bonds. The standard InChI is InChI=1S/C29H35N7O5/c1-6-41-25-13-20-7-8-34-23(21(20)14-24(25)40-5)15-26(31-27-18(3)11-17(2)12-19(27)4)35(29(34)38)9-10-36(39)28(37)22-16-30-33-32-22/h11-16,30,32-33,39H,6-10H2,1-5H3/b31-26+. The molecule has 0 unspecified atom stereocenters. The molecular formula is C29H35N7O5. The first-order valence-electron chi connectivity index (χ1n) is 13.5. The van der Waals surface area contributed by atoms with Crippen LogP contribution in [0.5, 0.6) is 11.5 Å². The van der Waals surface area contributed by atoms with Crippen LogP contribution in [-0.4, -0.2) is 45.6 Å². The molecule has 0 atom stereocenters. The number of amides is 1. The zero-order valence-electron chi connectivity index (χ0n) is 23.9. The van der Waals surface area contributed by atoms with Crippen molar-refractivity contribution < 1.29 is 19.5 Å². The Labute approximate surface area is 237 Å². The minimum Gasteiger partial charge on any atom is -0.493 e. The second-order valence-electron chi connectivity index (χ2n) is 10.1. The summed E-state index contributed by atoms with van der Waals surface area (Å²) in [5.41, 5.74) is 14.6. The second kappa shape index (κ2) is 11.5. The lowest BCUT2D eigenvalue weighted by Crippen LogP contribution is -2.45. The van der Waals surface area contributed by atoms with Crippen molar-refractivity contribution in [2.45, 2.75) is 47.2 Å². The first-order valence-corrected chi connectivity index (χ1v) is 13.5. The molecule has 2 aromatic carbocycles. The number of benzene rings is 2. The molecular weight excluding hydrogens is 526 g/mol. The summed E-state index contributed by atoms with van der Waals surface area (Å²) >= 11 is 0. The van der Waals surface area contributed by atoms with Crippen LogP contribution in [0.4, 0.5) is 5.69 Å². The van der Waals surface area contributed by atoms with Crippen LogP contribution in [0, 0.1) is 20.8 Å². The minimum atomic E-state index is -0.643. The number of nitrogens with zero attached hydrogens (tertiary/aromatic N) is 4. The van der Waals surface area contributed by atoms with Crippen LogP contribution < -0.4 is 37.0 Å². The molecule has 0 radical (unpaired) electrons. The van der Waals surface area contributed by atoms with Crippen molar-refractivity contribution in [2.75, 3.05) is 20.3 Å². The fourth-order valence-corrected chi connectivity index (χ4v) is 5.34. The molecule has 12 heteroatoms. The Balaban J connectivity index is 1.65. The molecule has 1 aromatic heterocycles. The maximum atomic E-state index is 14.0. The molecule has 0 aliphatic carbocycles. The van der Waals surface area contributed by atoms with Gasteiger partial charge in [0.2, 0.25) is 0 Å². The van der Waals surface area contributed by atoms with Crippen LogP contribution in [0.1, 0.15) is 29.2 Å². The van der Waals surface area contributed by atoms with Crippen molar-refractivity contribution in [3.63, 3.8) is 0 Å². The predicted molar refractivity (Wildman–Crippen MR) is 152 cm³/mol. The highest BCUT2D eigenvalue weighted by molar-refractivity contribution is 5.92. The minimum absolute atomic E-state index is 0.0255.